The zero-order valence-corrected chi connectivity index (χ0v) is 26.4. The van der Waals surface area contributed by atoms with E-state index in [1.807, 2.05) is 0 Å². The van der Waals surface area contributed by atoms with Crippen molar-refractivity contribution in [2.45, 2.75) is 26.8 Å². The monoisotopic (exact) mass is 676 g/mol. The van der Waals surface area contributed by atoms with E-state index < -0.39 is 36.5 Å². The van der Waals surface area contributed by atoms with E-state index in [0.717, 1.165) is 0 Å². The van der Waals surface area contributed by atoms with Crippen LogP contribution in [0.15, 0.2) is 51.2 Å². The molecule has 14 nitrogen and oxygen atoms in total. The first kappa shape index (κ1) is 33.7. The quantitative estimate of drug-likeness (QED) is 0.153. The van der Waals surface area contributed by atoms with Gasteiger partial charge in [0.15, 0.2) is 36.2 Å². The molecule has 1 heterocycles. The molecule has 2 aromatic carbocycles. The van der Waals surface area contributed by atoms with E-state index in [1.54, 1.807) is 51.1 Å². The Morgan fingerprint density at radius 1 is 0.977 bits per heavy atom. The van der Waals surface area contributed by atoms with E-state index in [9.17, 15) is 19.2 Å². The largest absolute Gasteiger partial charge is 0.493 e. The van der Waals surface area contributed by atoms with Gasteiger partial charge in [-0.05, 0) is 72.1 Å². The Kier molecular flexibility index (Phi) is 12.4. The van der Waals surface area contributed by atoms with E-state index in [0.29, 0.717) is 32.8 Å². The van der Waals surface area contributed by atoms with E-state index in [1.165, 1.54) is 20.4 Å². The minimum Gasteiger partial charge on any atom is -0.493 e. The Morgan fingerprint density at radius 3 is 2.39 bits per heavy atom. The maximum atomic E-state index is 12.6. The number of hydrazone groups is 1. The molecule has 0 unspecified atom stereocenters. The van der Waals surface area contributed by atoms with Gasteiger partial charge in [0.1, 0.15) is 0 Å². The van der Waals surface area contributed by atoms with Gasteiger partial charge in [-0.1, -0.05) is 6.07 Å². The molecule has 0 bridgehead atoms. The van der Waals surface area contributed by atoms with Gasteiger partial charge in [-0.3, -0.25) is 4.79 Å². The zero-order chi connectivity index (χ0) is 32.2. The van der Waals surface area contributed by atoms with Gasteiger partial charge in [0, 0.05) is 5.70 Å². The Morgan fingerprint density at radius 2 is 1.70 bits per heavy atom. The van der Waals surface area contributed by atoms with Crippen molar-refractivity contribution in [2.75, 3.05) is 40.6 Å². The van der Waals surface area contributed by atoms with E-state index in [-0.39, 0.29) is 36.9 Å². The van der Waals surface area contributed by atoms with Crippen LogP contribution in [-0.2, 0) is 23.9 Å². The van der Waals surface area contributed by atoms with Crippen LogP contribution in [-0.4, -0.2) is 70.7 Å². The average Bonchev–Trinajstić information content (AvgIpc) is 2.98. The maximum absolute atomic E-state index is 12.6. The first-order valence-corrected chi connectivity index (χ1v) is 14.1. The van der Waals surface area contributed by atoms with Gasteiger partial charge >= 0.3 is 18.0 Å². The first-order valence-electron chi connectivity index (χ1n) is 13.4. The van der Waals surface area contributed by atoms with Crippen molar-refractivity contribution in [3.05, 3.63) is 57.2 Å². The number of rotatable bonds is 14. The molecule has 1 atom stereocenters. The molecule has 0 aromatic heterocycles. The summed E-state index contributed by atoms with van der Waals surface area (Å²) in [7, 11) is 2.86. The SMILES string of the molecule is CCOC(=O)COc1c(Br)cc(/C=N\NC(=O)COc2ccc([C@H]3NC(=O)NC(C)=C3C(=O)OCC)cc2OC)cc1OC. The lowest BCUT2D eigenvalue weighted by Gasteiger charge is -2.28. The molecule has 0 spiro atoms. The second-order valence-electron chi connectivity index (χ2n) is 8.91. The summed E-state index contributed by atoms with van der Waals surface area (Å²) in [5.41, 5.74) is 4.10. The fourth-order valence-corrected chi connectivity index (χ4v) is 4.62. The Bertz CT molecular complexity index is 1460. The number of amides is 3. The lowest BCUT2D eigenvalue weighted by molar-refractivity contribution is -0.145. The summed E-state index contributed by atoms with van der Waals surface area (Å²) in [6.45, 7) is 4.73. The normalized spacial score (nSPS) is 14.3. The number of ether oxygens (including phenoxy) is 6. The van der Waals surface area contributed by atoms with Gasteiger partial charge in [-0.15, -0.1) is 0 Å². The fraction of sp³-hybridized carbons (Fsp3) is 0.345. The molecular formula is C29H33BrN4O10. The molecule has 1 aliphatic rings. The van der Waals surface area contributed by atoms with Crippen LogP contribution >= 0.6 is 15.9 Å². The number of carbonyl (C=O) groups excluding carboxylic acids is 4. The molecule has 15 heteroatoms. The minimum absolute atomic E-state index is 0.171. The number of nitrogens with one attached hydrogen (secondary N) is 3. The zero-order valence-electron chi connectivity index (χ0n) is 24.8. The standard InChI is InChI=1S/C29H33BrN4O10/c1-6-41-24(36)15-44-27-19(30)10-17(11-22(27)40-5)13-31-34-23(35)14-43-20-9-8-18(12-21(20)39-4)26-25(28(37)42-7-2)16(3)32-29(38)33-26/h8-13,26H,6-7,14-15H2,1-5H3,(H,34,35)(H2,32,33,38)/b31-13-/t26-/m1/s1. The molecule has 0 radical (unpaired) electrons. The van der Waals surface area contributed by atoms with Crippen molar-refractivity contribution >= 4 is 46.0 Å². The lowest BCUT2D eigenvalue weighted by Crippen LogP contribution is -2.45. The summed E-state index contributed by atoms with van der Waals surface area (Å²) >= 11 is 3.38. The highest BCUT2D eigenvalue weighted by atomic mass is 79.9. The molecule has 0 fully saturated rings. The Balaban J connectivity index is 1.64. The molecule has 1 aliphatic heterocycles. The van der Waals surface area contributed by atoms with Crippen LogP contribution < -0.4 is 35.0 Å². The second-order valence-corrected chi connectivity index (χ2v) is 9.76. The van der Waals surface area contributed by atoms with Crippen LogP contribution in [0.4, 0.5) is 4.79 Å². The molecule has 3 N–H and O–H groups in total. The Labute approximate surface area is 262 Å². The maximum Gasteiger partial charge on any atom is 0.344 e. The van der Waals surface area contributed by atoms with E-state index in [2.05, 4.69) is 37.1 Å². The number of halogens is 1. The molecule has 0 saturated heterocycles. The van der Waals surface area contributed by atoms with Crippen molar-refractivity contribution < 1.29 is 47.6 Å². The fourth-order valence-electron chi connectivity index (χ4n) is 4.05. The van der Waals surface area contributed by atoms with E-state index >= 15 is 0 Å². The lowest BCUT2D eigenvalue weighted by atomic mass is 9.95. The third-order valence-corrected chi connectivity index (χ3v) is 6.53. The average molecular weight is 678 g/mol. The highest BCUT2D eigenvalue weighted by Gasteiger charge is 2.32. The molecule has 2 aromatic rings. The smallest absolute Gasteiger partial charge is 0.344 e. The van der Waals surface area contributed by atoms with E-state index in [4.69, 9.17) is 28.4 Å². The number of urea groups is 1. The van der Waals surface area contributed by atoms with Crippen LogP contribution in [0.3, 0.4) is 0 Å². The van der Waals surface area contributed by atoms with Crippen molar-refractivity contribution in [3.63, 3.8) is 0 Å². The third kappa shape index (κ3) is 8.86. The number of hydrogen-bond donors (Lipinski definition) is 3. The van der Waals surface area contributed by atoms with Gasteiger partial charge in [0.25, 0.3) is 5.91 Å². The van der Waals surface area contributed by atoms with Crippen molar-refractivity contribution in [3.8, 4) is 23.0 Å². The summed E-state index contributed by atoms with van der Waals surface area (Å²) in [5.74, 6) is -0.475. The summed E-state index contributed by atoms with van der Waals surface area (Å²) in [6.07, 6.45) is 1.39. The summed E-state index contributed by atoms with van der Waals surface area (Å²) in [4.78, 5) is 48.8. The van der Waals surface area contributed by atoms with Crippen LogP contribution in [0.1, 0.15) is 37.9 Å². The number of hydrogen-bond acceptors (Lipinski definition) is 11. The second kappa shape index (κ2) is 16.2. The van der Waals surface area contributed by atoms with Crippen LogP contribution in [0, 0.1) is 0 Å². The summed E-state index contributed by atoms with van der Waals surface area (Å²) in [5, 5.41) is 9.25. The number of allylic oxidation sites excluding steroid dienone is 1. The molecule has 3 amide bonds. The Hall–Kier alpha value is -4.79. The van der Waals surface area contributed by atoms with Gasteiger partial charge in [-0.2, -0.15) is 5.10 Å². The number of benzene rings is 2. The molecule has 0 saturated carbocycles. The van der Waals surface area contributed by atoms with Crippen LogP contribution in [0.5, 0.6) is 23.0 Å². The van der Waals surface area contributed by atoms with Crippen molar-refractivity contribution in [1.82, 2.24) is 16.1 Å². The number of esters is 2. The first-order chi connectivity index (χ1) is 21.1. The topological polar surface area (TPSA) is 172 Å². The minimum atomic E-state index is -0.791. The van der Waals surface area contributed by atoms with Gasteiger partial charge in [0.05, 0.1) is 49.7 Å². The van der Waals surface area contributed by atoms with Crippen molar-refractivity contribution in [1.29, 1.82) is 0 Å². The van der Waals surface area contributed by atoms with Gasteiger partial charge in [-0.25, -0.2) is 19.8 Å². The van der Waals surface area contributed by atoms with Gasteiger partial charge < -0.3 is 39.1 Å². The summed E-state index contributed by atoms with van der Waals surface area (Å²) in [6, 6.07) is 6.81. The molecule has 3 rings (SSSR count). The summed E-state index contributed by atoms with van der Waals surface area (Å²) < 4.78 is 32.4. The van der Waals surface area contributed by atoms with Crippen molar-refractivity contribution in [2.24, 2.45) is 5.10 Å². The van der Waals surface area contributed by atoms with Crippen LogP contribution in [0.25, 0.3) is 0 Å². The predicted molar refractivity (Wildman–Crippen MR) is 161 cm³/mol. The molecule has 236 valence electrons. The van der Waals surface area contributed by atoms with Crippen LogP contribution in [0.2, 0.25) is 0 Å². The number of carbonyl (C=O) groups is 4. The highest BCUT2D eigenvalue weighted by molar-refractivity contribution is 9.10. The molecule has 0 aliphatic carbocycles. The number of methoxy groups -OCH3 is 2. The third-order valence-electron chi connectivity index (χ3n) is 5.94. The molecule has 44 heavy (non-hydrogen) atoms. The molecular weight excluding hydrogens is 644 g/mol. The predicted octanol–water partition coefficient (Wildman–Crippen LogP) is 3.13. The highest BCUT2D eigenvalue weighted by Crippen LogP contribution is 2.37. The van der Waals surface area contributed by atoms with Gasteiger partial charge in [0.2, 0.25) is 0 Å². The number of nitrogens with zero attached hydrogens (tertiary/aromatic N) is 1.